The van der Waals surface area contributed by atoms with Gasteiger partial charge in [-0.05, 0) is 55.6 Å². The Kier molecular flexibility index (Phi) is 4.40. The van der Waals surface area contributed by atoms with Crippen molar-refractivity contribution >= 4 is 11.8 Å². The highest BCUT2D eigenvalue weighted by molar-refractivity contribution is 5.75. The molecule has 6 nitrogen and oxygen atoms in total. The molecule has 3 unspecified atom stereocenters. The third kappa shape index (κ3) is 3.06. The minimum Gasteiger partial charge on any atom is -0.462 e. The van der Waals surface area contributed by atoms with Crippen molar-refractivity contribution in [3.63, 3.8) is 0 Å². The number of carbonyl (C=O) groups is 1. The van der Waals surface area contributed by atoms with Crippen molar-refractivity contribution in [2.75, 3.05) is 44.2 Å². The van der Waals surface area contributed by atoms with Crippen molar-refractivity contribution in [3.05, 3.63) is 24.4 Å². The van der Waals surface area contributed by atoms with Crippen molar-refractivity contribution in [2.45, 2.75) is 50.7 Å². The summed E-state index contributed by atoms with van der Waals surface area (Å²) in [5.74, 6) is 2.08. The molecule has 0 amide bonds. The van der Waals surface area contributed by atoms with Crippen LogP contribution in [0.1, 0.15) is 39.0 Å². The minimum absolute atomic E-state index is 0.0266. The number of pyridine rings is 1. The van der Waals surface area contributed by atoms with Crippen LogP contribution in [0.3, 0.4) is 0 Å². The molecule has 0 radical (unpaired) electrons. The molecule has 3 saturated heterocycles. The monoisotopic (exact) mass is 411 g/mol. The molecule has 1 spiro atoms. The number of esters is 1. The van der Waals surface area contributed by atoms with Gasteiger partial charge in [-0.15, -0.1) is 0 Å². The molecular weight excluding hydrogens is 378 g/mol. The number of hydrogen-bond donors (Lipinski definition) is 0. The Morgan fingerprint density at radius 1 is 1.20 bits per heavy atom. The Labute approximate surface area is 178 Å². The van der Waals surface area contributed by atoms with Crippen molar-refractivity contribution < 1.29 is 14.3 Å². The largest absolute Gasteiger partial charge is 0.462 e. The first-order valence-electron chi connectivity index (χ1n) is 11.8. The fourth-order valence-corrected chi connectivity index (χ4v) is 7.14. The van der Waals surface area contributed by atoms with Crippen molar-refractivity contribution in [3.8, 4) is 0 Å². The summed E-state index contributed by atoms with van der Waals surface area (Å²) in [6, 6.07) is 6.08. The van der Waals surface area contributed by atoms with E-state index in [9.17, 15) is 4.79 Å². The number of rotatable bonds is 3. The van der Waals surface area contributed by atoms with Crippen molar-refractivity contribution in [1.82, 2.24) is 9.88 Å². The quantitative estimate of drug-likeness (QED) is 0.563. The Balaban J connectivity index is 1.12. The summed E-state index contributed by atoms with van der Waals surface area (Å²) in [6.45, 7) is 8.08. The molecule has 6 heteroatoms. The smallest absolute Gasteiger partial charge is 0.310 e. The molecule has 2 aliphatic carbocycles. The van der Waals surface area contributed by atoms with Crippen molar-refractivity contribution in [2.24, 2.45) is 23.2 Å². The van der Waals surface area contributed by atoms with E-state index in [2.05, 4.69) is 27.8 Å². The number of fused-ring (bicyclic) bond motifs is 3. The molecule has 1 aromatic heterocycles. The zero-order valence-electron chi connectivity index (χ0n) is 18.0. The Morgan fingerprint density at radius 3 is 2.77 bits per heavy atom. The molecule has 30 heavy (non-hydrogen) atoms. The minimum atomic E-state index is 0.0266. The first kappa shape index (κ1) is 19.1. The maximum Gasteiger partial charge on any atom is 0.310 e. The van der Waals surface area contributed by atoms with Gasteiger partial charge in [-0.25, -0.2) is 4.98 Å². The maximum atomic E-state index is 12.9. The predicted octanol–water partition coefficient (Wildman–Crippen LogP) is 2.73. The lowest BCUT2D eigenvalue weighted by Crippen LogP contribution is -2.52. The van der Waals surface area contributed by atoms with Crippen LogP contribution in [0.2, 0.25) is 0 Å². The number of epoxide rings is 1. The summed E-state index contributed by atoms with van der Waals surface area (Å²) < 4.78 is 12.0. The molecule has 2 saturated carbocycles. The Hall–Kier alpha value is -1.66. The average molecular weight is 412 g/mol. The van der Waals surface area contributed by atoms with Gasteiger partial charge in [0.1, 0.15) is 11.9 Å². The van der Waals surface area contributed by atoms with E-state index >= 15 is 0 Å². The highest BCUT2D eigenvalue weighted by Gasteiger charge is 2.65. The molecule has 6 atom stereocenters. The lowest BCUT2D eigenvalue weighted by Gasteiger charge is -2.51. The normalized spacial score (nSPS) is 43.2. The lowest BCUT2D eigenvalue weighted by atomic mass is 9.53. The van der Waals surface area contributed by atoms with Gasteiger partial charge in [0.15, 0.2) is 0 Å². The highest BCUT2D eigenvalue weighted by atomic mass is 16.6. The number of carbonyl (C=O) groups excluding carboxylic acids is 1. The van der Waals surface area contributed by atoms with Crippen molar-refractivity contribution in [1.29, 1.82) is 0 Å². The van der Waals surface area contributed by atoms with Gasteiger partial charge in [0.05, 0.1) is 18.1 Å². The van der Waals surface area contributed by atoms with Crippen LogP contribution < -0.4 is 4.90 Å². The van der Waals surface area contributed by atoms with Gasteiger partial charge in [-0.2, -0.15) is 0 Å². The van der Waals surface area contributed by atoms with Crippen LogP contribution in [0.4, 0.5) is 5.82 Å². The molecule has 162 valence electrons. The fraction of sp³-hybridized carbons (Fsp3) is 0.750. The molecular formula is C24H33N3O3. The second kappa shape index (κ2) is 6.92. The number of anilines is 1. The molecule has 0 bridgehead atoms. The third-order valence-corrected chi connectivity index (χ3v) is 8.88. The zero-order chi connectivity index (χ0) is 20.3. The summed E-state index contributed by atoms with van der Waals surface area (Å²) in [4.78, 5) is 22.2. The van der Waals surface area contributed by atoms with Gasteiger partial charge >= 0.3 is 5.97 Å². The van der Waals surface area contributed by atoms with E-state index in [1.165, 1.54) is 19.3 Å². The van der Waals surface area contributed by atoms with Crippen LogP contribution in [0, 0.1) is 23.2 Å². The Bertz CT molecular complexity index is 805. The first-order valence-corrected chi connectivity index (χ1v) is 11.8. The van der Waals surface area contributed by atoms with Gasteiger partial charge in [0, 0.05) is 44.8 Å². The van der Waals surface area contributed by atoms with Gasteiger partial charge < -0.3 is 14.4 Å². The number of aromatic nitrogens is 1. The second-order valence-corrected chi connectivity index (χ2v) is 10.6. The van der Waals surface area contributed by atoms with Gasteiger partial charge in [0.25, 0.3) is 0 Å². The molecule has 1 aromatic rings. The van der Waals surface area contributed by atoms with Gasteiger partial charge in [-0.1, -0.05) is 13.0 Å². The summed E-state index contributed by atoms with van der Waals surface area (Å²) in [7, 11) is 0. The highest BCUT2D eigenvalue weighted by Crippen LogP contribution is 2.62. The molecule has 0 aromatic carbocycles. The first-order chi connectivity index (χ1) is 14.6. The van der Waals surface area contributed by atoms with Crippen LogP contribution >= 0.6 is 0 Å². The molecule has 0 N–H and O–H groups in total. The number of hydrogen-bond acceptors (Lipinski definition) is 6. The van der Waals surface area contributed by atoms with E-state index in [0.717, 1.165) is 58.0 Å². The molecule has 3 aliphatic heterocycles. The molecule has 5 fully saturated rings. The van der Waals surface area contributed by atoms with Crippen LogP contribution in [-0.2, 0) is 14.3 Å². The van der Waals surface area contributed by atoms with E-state index in [4.69, 9.17) is 9.47 Å². The van der Waals surface area contributed by atoms with E-state index in [1.54, 1.807) is 0 Å². The predicted molar refractivity (Wildman–Crippen MR) is 113 cm³/mol. The lowest BCUT2D eigenvalue weighted by molar-refractivity contribution is -0.147. The topological polar surface area (TPSA) is 58.2 Å². The number of ether oxygens (including phenoxy) is 2. The molecule has 5 aliphatic rings. The number of nitrogens with zero attached hydrogens (tertiary/aromatic N) is 3. The van der Waals surface area contributed by atoms with E-state index in [-0.39, 0.29) is 29.0 Å². The average Bonchev–Trinajstić information content (AvgIpc) is 3.46. The summed E-state index contributed by atoms with van der Waals surface area (Å²) in [5, 5.41) is 0. The second-order valence-electron chi connectivity index (χ2n) is 10.6. The maximum absolute atomic E-state index is 12.9. The van der Waals surface area contributed by atoms with E-state index < -0.39 is 0 Å². The van der Waals surface area contributed by atoms with Gasteiger partial charge in [-0.3, -0.25) is 9.69 Å². The standard InChI is InChI=1S/C24H33N3O3/c1-23-6-4-7-24(16-29-24)20(23)13-17-18(22(28)30-19(17)14-23)15-26-9-11-27(12-10-26)21-5-2-3-8-25-21/h2-3,5,8,17-20H,4,6-7,9-16H2,1H3/t17-,18?,19-,20?,23-,24?/m1/s1. The van der Waals surface area contributed by atoms with E-state index in [0.29, 0.717) is 11.8 Å². The van der Waals surface area contributed by atoms with Crippen LogP contribution in [0.15, 0.2) is 24.4 Å². The summed E-state index contributed by atoms with van der Waals surface area (Å²) in [6.07, 6.45) is 7.82. The SMILES string of the molecule is C[C@]12CCCC3(CO3)C1C[C@@H]1C(CN3CCN(c4ccccn4)CC3)C(=O)O[C@@H]1C2. The van der Waals surface area contributed by atoms with Crippen LogP contribution in [-0.4, -0.2) is 66.9 Å². The van der Waals surface area contributed by atoms with Gasteiger partial charge in [0.2, 0.25) is 0 Å². The van der Waals surface area contributed by atoms with Crippen LogP contribution in [0.5, 0.6) is 0 Å². The number of piperazine rings is 1. The zero-order valence-corrected chi connectivity index (χ0v) is 18.0. The Morgan fingerprint density at radius 2 is 2.03 bits per heavy atom. The van der Waals surface area contributed by atoms with E-state index in [1.807, 2.05) is 18.3 Å². The third-order valence-electron chi connectivity index (χ3n) is 8.88. The fourth-order valence-electron chi connectivity index (χ4n) is 7.14. The summed E-state index contributed by atoms with van der Waals surface area (Å²) >= 11 is 0. The molecule has 6 rings (SSSR count). The molecule has 4 heterocycles. The summed E-state index contributed by atoms with van der Waals surface area (Å²) in [5.41, 5.74) is 0.405. The van der Waals surface area contributed by atoms with Crippen LogP contribution in [0.25, 0.3) is 0 Å².